The van der Waals surface area contributed by atoms with Crippen LogP contribution in [0.4, 0.5) is 5.69 Å². The summed E-state index contributed by atoms with van der Waals surface area (Å²) in [5, 5.41) is 2.78. The Balaban J connectivity index is 1.64. The van der Waals surface area contributed by atoms with E-state index in [0.29, 0.717) is 22.6 Å². The summed E-state index contributed by atoms with van der Waals surface area (Å²) in [4.78, 5) is 41.3. The van der Waals surface area contributed by atoms with E-state index < -0.39 is 0 Å². The fourth-order valence-corrected chi connectivity index (χ4v) is 3.67. The summed E-state index contributed by atoms with van der Waals surface area (Å²) in [5.74, 6) is 0.216. The summed E-state index contributed by atoms with van der Waals surface area (Å²) >= 11 is 0. The highest BCUT2D eigenvalue weighted by atomic mass is 16.5. The number of methoxy groups -OCH3 is 1. The van der Waals surface area contributed by atoms with E-state index in [1.165, 1.54) is 19.7 Å². The normalized spacial score (nSPS) is 14.2. The largest absolute Gasteiger partial charge is 0.495 e. The number of hydrogen-bond acceptors (Lipinski definition) is 5. The van der Waals surface area contributed by atoms with Gasteiger partial charge in [-0.3, -0.25) is 19.4 Å². The number of carbonyl (C=O) groups excluding carboxylic acids is 3. The van der Waals surface area contributed by atoms with Gasteiger partial charge in [-0.2, -0.15) is 0 Å². The predicted molar refractivity (Wildman–Crippen MR) is 110 cm³/mol. The van der Waals surface area contributed by atoms with Crippen LogP contribution in [-0.4, -0.2) is 29.6 Å². The number of benzene rings is 1. The molecule has 1 aliphatic carbocycles. The summed E-state index contributed by atoms with van der Waals surface area (Å²) in [6.45, 7) is 0. The van der Waals surface area contributed by atoms with E-state index in [2.05, 4.69) is 10.3 Å². The van der Waals surface area contributed by atoms with Gasteiger partial charge in [0.05, 0.1) is 12.8 Å². The second-order valence-electron chi connectivity index (χ2n) is 7.33. The molecule has 1 aromatic carbocycles. The van der Waals surface area contributed by atoms with Crippen molar-refractivity contribution in [2.75, 3.05) is 12.4 Å². The van der Waals surface area contributed by atoms with Gasteiger partial charge in [0, 0.05) is 42.3 Å². The second kappa shape index (κ2) is 9.96. The maximum atomic E-state index is 12.8. The van der Waals surface area contributed by atoms with Crippen LogP contribution in [0.5, 0.6) is 5.75 Å². The number of nitrogens with one attached hydrogen (secondary N) is 1. The third kappa shape index (κ3) is 5.50. The predicted octanol–water partition coefficient (Wildman–Crippen LogP) is 4.45. The standard InChI is InChI=1S/C23H26N2O4/c1-29-21-11-9-17(23(28)16-6-3-2-4-7-16)14-19(21)25-22(27)12-10-20(26)18-8-5-13-24-15-18/h5,8-9,11,13-16H,2-4,6-7,10,12H2,1H3,(H,25,27). The number of pyridine rings is 1. The topological polar surface area (TPSA) is 85.4 Å². The molecule has 2 aromatic rings. The van der Waals surface area contributed by atoms with Gasteiger partial charge in [-0.05, 0) is 43.2 Å². The molecule has 0 aliphatic heterocycles. The maximum Gasteiger partial charge on any atom is 0.224 e. The first kappa shape index (κ1) is 20.7. The first-order valence-corrected chi connectivity index (χ1v) is 10.0. The fraction of sp³-hybridized carbons (Fsp3) is 0.391. The van der Waals surface area contributed by atoms with Crippen LogP contribution in [0.2, 0.25) is 0 Å². The SMILES string of the molecule is COc1ccc(C(=O)C2CCCCC2)cc1NC(=O)CCC(=O)c1cccnc1. The molecule has 29 heavy (non-hydrogen) atoms. The van der Waals surface area contributed by atoms with Crippen LogP contribution in [0, 0.1) is 5.92 Å². The number of ketones is 2. The molecule has 0 radical (unpaired) electrons. The average molecular weight is 394 g/mol. The Labute approximate surface area is 170 Å². The lowest BCUT2D eigenvalue weighted by molar-refractivity contribution is -0.116. The van der Waals surface area contributed by atoms with Crippen LogP contribution in [0.15, 0.2) is 42.7 Å². The molecule has 0 saturated heterocycles. The smallest absolute Gasteiger partial charge is 0.224 e. The number of ether oxygens (including phenoxy) is 1. The molecule has 0 unspecified atom stereocenters. The van der Waals surface area contributed by atoms with Crippen molar-refractivity contribution >= 4 is 23.2 Å². The van der Waals surface area contributed by atoms with Gasteiger partial charge in [0.15, 0.2) is 11.6 Å². The third-order valence-corrected chi connectivity index (χ3v) is 5.30. The molecule has 0 atom stereocenters. The number of amides is 1. The van der Waals surface area contributed by atoms with Crippen molar-refractivity contribution in [2.24, 2.45) is 5.92 Å². The zero-order chi connectivity index (χ0) is 20.6. The molecule has 3 rings (SSSR count). The zero-order valence-corrected chi connectivity index (χ0v) is 16.6. The van der Waals surface area contributed by atoms with Crippen LogP contribution in [0.1, 0.15) is 65.7 Å². The lowest BCUT2D eigenvalue weighted by Gasteiger charge is -2.21. The molecule has 1 saturated carbocycles. The zero-order valence-electron chi connectivity index (χ0n) is 16.6. The highest BCUT2D eigenvalue weighted by molar-refractivity contribution is 6.02. The van der Waals surface area contributed by atoms with Crippen LogP contribution in [0.25, 0.3) is 0 Å². The van der Waals surface area contributed by atoms with E-state index in [-0.39, 0.29) is 36.2 Å². The van der Waals surface area contributed by atoms with Gasteiger partial charge < -0.3 is 10.1 Å². The van der Waals surface area contributed by atoms with Crippen molar-refractivity contribution < 1.29 is 19.1 Å². The minimum absolute atomic E-state index is 0.0394. The Morgan fingerprint density at radius 3 is 2.55 bits per heavy atom. The molecule has 1 N–H and O–H groups in total. The monoisotopic (exact) mass is 394 g/mol. The summed E-state index contributed by atoms with van der Waals surface area (Å²) in [6.07, 6.45) is 8.40. The van der Waals surface area contributed by atoms with Crippen molar-refractivity contribution in [3.8, 4) is 5.75 Å². The molecule has 6 heteroatoms. The molecule has 1 aromatic heterocycles. The van der Waals surface area contributed by atoms with Crippen molar-refractivity contribution in [2.45, 2.75) is 44.9 Å². The van der Waals surface area contributed by atoms with Crippen LogP contribution in [0.3, 0.4) is 0 Å². The average Bonchev–Trinajstić information content (AvgIpc) is 2.78. The Bertz CT molecular complexity index is 874. The van der Waals surface area contributed by atoms with E-state index in [0.717, 1.165) is 25.7 Å². The second-order valence-corrected chi connectivity index (χ2v) is 7.33. The number of nitrogens with zero attached hydrogens (tertiary/aromatic N) is 1. The fourth-order valence-electron chi connectivity index (χ4n) is 3.67. The Hall–Kier alpha value is -3.02. The Morgan fingerprint density at radius 2 is 1.86 bits per heavy atom. The quantitative estimate of drug-likeness (QED) is 0.669. The van der Waals surface area contributed by atoms with Crippen molar-refractivity contribution in [1.29, 1.82) is 0 Å². The minimum atomic E-state index is -0.303. The molecular weight excluding hydrogens is 368 g/mol. The summed E-state index contributed by atoms with van der Waals surface area (Å²) in [6, 6.07) is 8.49. The highest BCUT2D eigenvalue weighted by Gasteiger charge is 2.23. The van der Waals surface area contributed by atoms with Gasteiger partial charge in [0.25, 0.3) is 0 Å². The molecular formula is C23H26N2O4. The number of hydrogen-bond donors (Lipinski definition) is 1. The minimum Gasteiger partial charge on any atom is -0.495 e. The van der Waals surface area contributed by atoms with Crippen molar-refractivity contribution in [3.63, 3.8) is 0 Å². The molecule has 0 spiro atoms. The van der Waals surface area contributed by atoms with Gasteiger partial charge in [0.1, 0.15) is 5.75 Å². The number of rotatable bonds is 8. The van der Waals surface area contributed by atoms with E-state index in [1.54, 1.807) is 36.5 Å². The maximum absolute atomic E-state index is 12.8. The molecule has 1 amide bonds. The third-order valence-electron chi connectivity index (χ3n) is 5.30. The number of carbonyl (C=O) groups is 3. The van der Waals surface area contributed by atoms with Crippen LogP contribution >= 0.6 is 0 Å². The first-order chi connectivity index (χ1) is 14.1. The summed E-state index contributed by atoms with van der Waals surface area (Å²) < 4.78 is 5.32. The molecule has 1 aliphatic rings. The van der Waals surface area contributed by atoms with Gasteiger partial charge >= 0.3 is 0 Å². The van der Waals surface area contributed by atoms with E-state index >= 15 is 0 Å². The van der Waals surface area contributed by atoms with Gasteiger partial charge in [0.2, 0.25) is 5.91 Å². The van der Waals surface area contributed by atoms with Crippen molar-refractivity contribution in [1.82, 2.24) is 4.98 Å². The number of anilines is 1. The van der Waals surface area contributed by atoms with Crippen LogP contribution < -0.4 is 10.1 Å². The molecule has 152 valence electrons. The number of Topliss-reactive ketones (excluding diaryl/α,β-unsaturated/α-hetero) is 2. The first-order valence-electron chi connectivity index (χ1n) is 10.0. The van der Waals surface area contributed by atoms with Gasteiger partial charge in [-0.15, -0.1) is 0 Å². The summed E-state index contributed by atoms with van der Waals surface area (Å²) in [7, 11) is 1.51. The van der Waals surface area contributed by atoms with Crippen molar-refractivity contribution in [3.05, 3.63) is 53.9 Å². The lowest BCUT2D eigenvalue weighted by Crippen LogP contribution is -2.19. The van der Waals surface area contributed by atoms with E-state index in [1.807, 2.05) is 0 Å². The Morgan fingerprint density at radius 1 is 1.07 bits per heavy atom. The molecule has 6 nitrogen and oxygen atoms in total. The lowest BCUT2D eigenvalue weighted by atomic mass is 9.84. The molecule has 1 heterocycles. The summed E-state index contributed by atoms with van der Waals surface area (Å²) in [5.41, 5.74) is 1.52. The van der Waals surface area contributed by atoms with E-state index in [9.17, 15) is 14.4 Å². The molecule has 1 fully saturated rings. The van der Waals surface area contributed by atoms with Crippen LogP contribution in [-0.2, 0) is 4.79 Å². The number of aromatic nitrogens is 1. The van der Waals surface area contributed by atoms with Gasteiger partial charge in [-0.1, -0.05) is 19.3 Å². The highest BCUT2D eigenvalue weighted by Crippen LogP contribution is 2.31. The Kier molecular flexibility index (Phi) is 7.11. The van der Waals surface area contributed by atoms with Gasteiger partial charge in [-0.25, -0.2) is 0 Å². The van der Waals surface area contributed by atoms with E-state index in [4.69, 9.17) is 4.74 Å². The molecule has 0 bridgehead atoms.